The van der Waals surface area contributed by atoms with Crippen molar-refractivity contribution in [2.75, 3.05) is 7.11 Å². The summed E-state index contributed by atoms with van der Waals surface area (Å²) in [5.74, 6) is 0.873. The summed E-state index contributed by atoms with van der Waals surface area (Å²) in [5, 5.41) is 5.58. The largest absolute Gasteiger partial charge is 0.495 e. The number of rotatable bonds is 2. The lowest BCUT2D eigenvalue weighted by Gasteiger charge is -2.05. The number of benzene rings is 1. The second kappa shape index (κ2) is 3.85. The summed E-state index contributed by atoms with van der Waals surface area (Å²) in [5.41, 5.74) is 2.18. The number of hydrogen-bond donors (Lipinski definition) is 0. The van der Waals surface area contributed by atoms with Gasteiger partial charge in [0.1, 0.15) is 5.75 Å². The van der Waals surface area contributed by atoms with Gasteiger partial charge in [-0.1, -0.05) is 6.92 Å². The van der Waals surface area contributed by atoms with E-state index >= 15 is 0 Å². The highest BCUT2D eigenvalue weighted by Gasteiger charge is 2.14. The van der Waals surface area contributed by atoms with Gasteiger partial charge in [-0.15, -0.1) is 0 Å². The molecule has 4 heteroatoms. The van der Waals surface area contributed by atoms with Crippen molar-refractivity contribution in [3.05, 3.63) is 22.3 Å². The number of hydrogen-bond acceptors (Lipinski definition) is 2. The summed E-state index contributed by atoms with van der Waals surface area (Å²) in [6, 6.07) is 4.04. The van der Waals surface area contributed by atoms with Crippen LogP contribution in [0.2, 0.25) is 0 Å². The molecule has 3 nitrogen and oxygen atoms in total. The number of aromatic nitrogens is 2. The Bertz CT molecular complexity index is 505. The average molecular weight is 269 g/mol. The van der Waals surface area contributed by atoms with Gasteiger partial charge >= 0.3 is 0 Å². The first-order valence-corrected chi connectivity index (χ1v) is 5.66. The van der Waals surface area contributed by atoms with E-state index in [0.29, 0.717) is 0 Å². The smallest absolute Gasteiger partial charge is 0.144 e. The minimum absolute atomic E-state index is 0.873. The molecule has 2 aromatic rings. The Balaban J connectivity index is 2.88. The SMILES string of the molecule is CCc1nn(C)c2ccc(Br)c(OC)c12. The van der Waals surface area contributed by atoms with Gasteiger partial charge in [0.15, 0.2) is 0 Å². The number of nitrogens with zero attached hydrogens (tertiary/aromatic N) is 2. The molecular formula is C11H13BrN2O. The molecule has 2 rings (SSSR count). The molecule has 0 saturated carbocycles. The molecule has 0 spiro atoms. The maximum Gasteiger partial charge on any atom is 0.144 e. The van der Waals surface area contributed by atoms with Crippen LogP contribution in [-0.4, -0.2) is 16.9 Å². The molecule has 0 aliphatic rings. The van der Waals surface area contributed by atoms with Crippen LogP contribution in [-0.2, 0) is 13.5 Å². The molecule has 0 radical (unpaired) electrons. The Morgan fingerprint density at radius 2 is 2.20 bits per heavy atom. The van der Waals surface area contributed by atoms with E-state index in [-0.39, 0.29) is 0 Å². The Morgan fingerprint density at radius 3 is 2.80 bits per heavy atom. The fraction of sp³-hybridized carbons (Fsp3) is 0.364. The summed E-state index contributed by atoms with van der Waals surface area (Å²) >= 11 is 3.49. The third-order valence-electron chi connectivity index (χ3n) is 2.53. The quantitative estimate of drug-likeness (QED) is 0.838. The third kappa shape index (κ3) is 1.53. The molecule has 0 saturated heterocycles. The molecule has 80 valence electrons. The predicted molar refractivity (Wildman–Crippen MR) is 64.3 cm³/mol. The number of aryl methyl sites for hydroxylation is 2. The first-order chi connectivity index (χ1) is 7.19. The van der Waals surface area contributed by atoms with Crippen molar-refractivity contribution in [2.24, 2.45) is 7.05 Å². The van der Waals surface area contributed by atoms with Crippen molar-refractivity contribution in [2.45, 2.75) is 13.3 Å². The first-order valence-electron chi connectivity index (χ1n) is 4.87. The van der Waals surface area contributed by atoms with E-state index in [9.17, 15) is 0 Å². The van der Waals surface area contributed by atoms with Gasteiger partial charge in [0.2, 0.25) is 0 Å². The molecule has 15 heavy (non-hydrogen) atoms. The lowest BCUT2D eigenvalue weighted by atomic mass is 10.1. The summed E-state index contributed by atoms with van der Waals surface area (Å²) in [7, 11) is 3.64. The highest BCUT2D eigenvalue weighted by Crippen LogP contribution is 2.35. The average Bonchev–Trinajstić information content (AvgIpc) is 2.55. The van der Waals surface area contributed by atoms with Crippen LogP contribution in [0.15, 0.2) is 16.6 Å². The molecule has 1 heterocycles. The Labute approximate surface area is 97.2 Å². The van der Waals surface area contributed by atoms with Crippen LogP contribution in [0.1, 0.15) is 12.6 Å². The van der Waals surface area contributed by atoms with Gasteiger partial charge < -0.3 is 4.74 Å². The van der Waals surface area contributed by atoms with E-state index < -0.39 is 0 Å². The van der Waals surface area contributed by atoms with E-state index in [2.05, 4.69) is 28.0 Å². The van der Waals surface area contributed by atoms with Crippen LogP contribution in [0, 0.1) is 0 Å². The molecule has 0 unspecified atom stereocenters. The van der Waals surface area contributed by atoms with Crippen molar-refractivity contribution >= 4 is 26.8 Å². The highest BCUT2D eigenvalue weighted by molar-refractivity contribution is 9.10. The van der Waals surface area contributed by atoms with Gasteiger partial charge in [-0.3, -0.25) is 4.68 Å². The summed E-state index contributed by atoms with van der Waals surface area (Å²) in [4.78, 5) is 0. The standard InChI is InChI=1S/C11H13BrN2O/c1-4-8-10-9(14(2)13-8)6-5-7(12)11(10)15-3/h5-6H,4H2,1-3H3. The normalized spacial score (nSPS) is 10.9. The van der Waals surface area contributed by atoms with E-state index in [1.54, 1.807) is 7.11 Å². The Hall–Kier alpha value is -1.03. The molecule has 0 aliphatic carbocycles. The fourth-order valence-electron chi connectivity index (χ4n) is 1.83. The molecule has 1 aromatic heterocycles. The van der Waals surface area contributed by atoms with E-state index in [1.165, 1.54) is 0 Å². The van der Waals surface area contributed by atoms with Gasteiger partial charge in [-0.05, 0) is 34.5 Å². The summed E-state index contributed by atoms with van der Waals surface area (Å²) in [6.07, 6.45) is 0.907. The van der Waals surface area contributed by atoms with Crippen LogP contribution in [0.25, 0.3) is 10.9 Å². The molecule has 0 fully saturated rings. The van der Waals surface area contributed by atoms with Crippen molar-refractivity contribution in [3.8, 4) is 5.75 Å². The second-order valence-corrected chi connectivity index (χ2v) is 4.25. The van der Waals surface area contributed by atoms with Crippen LogP contribution < -0.4 is 4.74 Å². The third-order valence-corrected chi connectivity index (χ3v) is 3.16. The number of fused-ring (bicyclic) bond motifs is 1. The van der Waals surface area contributed by atoms with Gasteiger partial charge in [0.05, 0.1) is 28.2 Å². The predicted octanol–water partition coefficient (Wildman–Crippen LogP) is 2.91. The number of ether oxygens (including phenoxy) is 1. The Morgan fingerprint density at radius 1 is 1.47 bits per heavy atom. The van der Waals surface area contributed by atoms with Crippen molar-refractivity contribution in [3.63, 3.8) is 0 Å². The maximum atomic E-state index is 5.41. The van der Waals surface area contributed by atoms with Crippen LogP contribution in [0.4, 0.5) is 0 Å². The van der Waals surface area contributed by atoms with E-state index in [1.807, 2.05) is 23.9 Å². The minimum atomic E-state index is 0.873. The van der Waals surface area contributed by atoms with Crippen LogP contribution >= 0.6 is 15.9 Å². The Kier molecular flexibility index (Phi) is 2.69. The topological polar surface area (TPSA) is 27.1 Å². The van der Waals surface area contributed by atoms with Crippen molar-refractivity contribution in [1.29, 1.82) is 0 Å². The van der Waals surface area contributed by atoms with Gasteiger partial charge in [-0.25, -0.2) is 0 Å². The monoisotopic (exact) mass is 268 g/mol. The molecule has 0 aliphatic heterocycles. The van der Waals surface area contributed by atoms with Crippen molar-refractivity contribution < 1.29 is 4.74 Å². The molecule has 0 N–H and O–H groups in total. The maximum absolute atomic E-state index is 5.41. The van der Waals surface area contributed by atoms with Crippen LogP contribution in [0.5, 0.6) is 5.75 Å². The highest BCUT2D eigenvalue weighted by atomic mass is 79.9. The second-order valence-electron chi connectivity index (χ2n) is 3.40. The zero-order valence-electron chi connectivity index (χ0n) is 9.04. The van der Waals surface area contributed by atoms with Crippen LogP contribution in [0.3, 0.4) is 0 Å². The molecule has 0 bridgehead atoms. The zero-order chi connectivity index (χ0) is 11.0. The van der Waals surface area contributed by atoms with E-state index in [4.69, 9.17) is 4.74 Å². The van der Waals surface area contributed by atoms with E-state index in [0.717, 1.165) is 33.2 Å². The minimum Gasteiger partial charge on any atom is -0.495 e. The summed E-state index contributed by atoms with van der Waals surface area (Å²) in [6.45, 7) is 2.10. The fourth-order valence-corrected chi connectivity index (χ4v) is 2.32. The first kappa shape index (κ1) is 10.5. The zero-order valence-corrected chi connectivity index (χ0v) is 10.6. The number of halogens is 1. The molecule has 0 amide bonds. The molecule has 0 atom stereocenters. The summed E-state index contributed by atoms with van der Waals surface area (Å²) < 4.78 is 8.28. The number of methoxy groups -OCH3 is 1. The molecule has 1 aromatic carbocycles. The molecular weight excluding hydrogens is 256 g/mol. The van der Waals surface area contributed by atoms with Gasteiger partial charge in [0, 0.05) is 7.05 Å². The van der Waals surface area contributed by atoms with Crippen molar-refractivity contribution in [1.82, 2.24) is 9.78 Å². The lowest BCUT2D eigenvalue weighted by Crippen LogP contribution is -1.90. The lowest BCUT2D eigenvalue weighted by molar-refractivity contribution is 0.417. The van der Waals surface area contributed by atoms with Gasteiger partial charge in [0.25, 0.3) is 0 Å². The van der Waals surface area contributed by atoms with Gasteiger partial charge in [-0.2, -0.15) is 5.10 Å².